The number of amides is 1. The third kappa shape index (κ3) is 4.94. The van der Waals surface area contributed by atoms with Crippen LogP contribution in [0.3, 0.4) is 0 Å². The molecule has 94 valence electrons. The van der Waals surface area contributed by atoms with Gasteiger partial charge < -0.3 is 15.4 Å². The normalized spacial score (nSPS) is 25.4. The van der Waals surface area contributed by atoms with Crippen molar-refractivity contribution in [3.63, 3.8) is 0 Å². The smallest absolute Gasteiger partial charge is 0.222 e. The topological polar surface area (TPSA) is 50.4 Å². The highest BCUT2D eigenvalue weighted by atomic mass is 16.5. The maximum absolute atomic E-state index is 11.2. The number of hydrogen-bond donors (Lipinski definition) is 2. The van der Waals surface area contributed by atoms with Crippen molar-refractivity contribution < 1.29 is 9.53 Å². The van der Waals surface area contributed by atoms with Gasteiger partial charge in [-0.1, -0.05) is 0 Å². The fourth-order valence-electron chi connectivity index (χ4n) is 2.12. The highest BCUT2D eigenvalue weighted by Crippen LogP contribution is 2.20. The SMILES string of the molecule is CCNC(=O)CCOC1CCC(NC)CC1. The number of rotatable bonds is 6. The van der Waals surface area contributed by atoms with Gasteiger partial charge in [-0.05, 0) is 39.7 Å². The fourth-order valence-corrected chi connectivity index (χ4v) is 2.12. The Balaban J connectivity index is 2.04. The highest BCUT2D eigenvalue weighted by molar-refractivity contribution is 5.75. The molecule has 0 bridgehead atoms. The van der Waals surface area contributed by atoms with E-state index in [0.29, 0.717) is 31.7 Å². The van der Waals surface area contributed by atoms with E-state index in [1.807, 2.05) is 14.0 Å². The fraction of sp³-hybridized carbons (Fsp3) is 0.917. The van der Waals surface area contributed by atoms with E-state index in [1.165, 1.54) is 12.8 Å². The summed E-state index contributed by atoms with van der Waals surface area (Å²) in [5, 5.41) is 6.07. The average molecular weight is 228 g/mol. The quantitative estimate of drug-likeness (QED) is 0.714. The zero-order valence-corrected chi connectivity index (χ0v) is 10.4. The predicted octanol–water partition coefficient (Wildman–Crippen LogP) is 1.06. The Morgan fingerprint density at radius 3 is 2.56 bits per heavy atom. The van der Waals surface area contributed by atoms with Gasteiger partial charge in [-0.15, -0.1) is 0 Å². The molecule has 1 rings (SSSR count). The van der Waals surface area contributed by atoms with Crippen molar-refractivity contribution in [1.29, 1.82) is 0 Å². The second kappa shape index (κ2) is 7.63. The van der Waals surface area contributed by atoms with Crippen LogP contribution in [-0.4, -0.2) is 38.3 Å². The molecule has 0 unspecified atom stereocenters. The lowest BCUT2D eigenvalue weighted by Gasteiger charge is -2.28. The molecule has 4 nitrogen and oxygen atoms in total. The molecule has 0 aromatic carbocycles. The lowest BCUT2D eigenvalue weighted by molar-refractivity contribution is -0.122. The van der Waals surface area contributed by atoms with E-state index in [9.17, 15) is 4.79 Å². The summed E-state index contributed by atoms with van der Waals surface area (Å²) in [6, 6.07) is 0.656. The van der Waals surface area contributed by atoms with Crippen molar-refractivity contribution >= 4 is 5.91 Å². The Hall–Kier alpha value is -0.610. The van der Waals surface area contributed by atoms with Crippen LogP contribution in [-0.2, 0) is 9.53 Å². The molecular formula is C12H24N2O2. The predicted molar refractivity (Wildman–Crippen MR) is 64.4 cm³/mol. The first kappa shape index (κ1) is 13.5. The van der Waals surface area contributed by atoms with Gasteiger partial charge in [-0.3, -0.25) is 4.79 Å². The van der Waals surface area contributed by atoms with E-state index in [1.54, 1.807) is 0 Å². The molecule has 1 aliphatic carbocycles. The molecule has 1 aliphatic rings. The minimum absolute atomic E-state index is 0.0893. The first-order valence-electron chi connectivity index (χ1n) is 6.31. The molecule has 1 saturated carbocycles. The molecule has 0 aromatic rings. The number of hydrogen-bond acceptors (Lipinski definition) is 3. The average Bonchev–Trinajstić information content (AvgIpc) is 2.30. The van der Waals surface area contributed by atoms with Crippen LogP contribution in [0.25, 0.3) is 0 Å². The maximum Gasteiger partial charge on any atom is 0.222 e. The zero-order valence-electron chi connectivity index (χ0n) is 10.4. The molecule has 1 fully saturated rings. The van der Waals surface area contributed by atoms with Gasteiger partial charge in [0.25, 0.3) is 0 Å². The van der Waals surface area contributed by atoms with E-state index in [2.05, 4.69) is 10.6 Å². The molecule has 4 heteroatoms. The minimum Gasteiger partial charge on any atom is -0.378 e. The van der Waals surface area contributed by atoms with E-state index < -0.39 is 0 Å². The number of ether oxygens (including phenoxy) is 1. The Bertz CT molecular complexity index is 201. The van der Waals surface area contributed by atoms with Gasteiger partial charge in [-0.25, -0.2) is 0 Å². The standard InChI is InChI=1S/C12H24N2O2/c1-3-14-12(15)8-9-16-11-6-4-10(13-2)5-7-11/h10-11,13H,3-9H2,1-2H3,(H,14,15). The number of nitrogens with one attached hydrogen (secondary N) is 2. The van der Waals surface area contributed by atoms with Crippen molar-refractivity contribution in [3.8, 4) is 0 Å². The maximum atomic E-state index is 11.2. The van der Waals surface area contributed by atoms with E-state index >= 15 is 0 Å². The number of carbonyl (C=O) groups excluding carboxylic acids is 1. The summed E-state index contributed by atoms with van der Waals surface area (Å²) in [7, 11) is 2.01. The first-order valence-corrected chi connectivity index (χ1v) is 6.31. The van der Waals surface area contributed by atoms with Crippen LogP contribution in [0, 0.1) is 0 Å². The first-order chi connectivity index (χ1) is 7.76. The van der Waals surface area contributed by atoms with Crippen LogP contribution in [0.15, 0.2) is 0 Å². The van der Waals surface area contributed by atoms with Gasteiger partial charge in [0, 0.05) is 19.0 Å². The Morgan fingerprint density at radius 1 is 1.31 bits per heavy atom. The molecule has 0 atom stereocenters. The van der Waals surface area contributed by atoms with Crippen LogP contribution < -0.4 is 10.6 Å². The summed E-state index contributed by atoms with van der Waals surface area (Å²) in [6.07, 6.45) is 5.44. The van der Waals surface area contributed by atoms with Crippen LogP contribution in [0.4, 0.5) is 0 Å². The second-order valence-corrected chi connectivity index (χ2v) is 4.34. The monoisotopic (exact) mass is 228 g/mol. The summed E-state index contributed by atoms with van der Waals surface area (Å²) in [6.45, 7) is 3.19. The van der Waals surface area contributed by atoms with Crippen LogP contribution in [0.2, 0.25) is 0 Å². The van der Waals surface area contributed by atoms with E-state index in [-0.39, 0.29) is 5.91 Å². The lowest BCUT2D eigenvalue weighted by atomic mass is 9.93. The third-order valence-electron chi connectivity index (χ3n) is 3.14. The summed E-state index contributed by atoms with van der Waals surface area (Å²) in [5.41, 5.74) is 0. The van der Waals surface area contributed by atoms with Crippen LogP contribution in [0.1, 0.15) is 39.0 Å². The van der Waals surface area contributed by atoms with Crippen molar-refractivity contribution in [2.45, 2.75) is 51.2 Å². The molecule has 1 amide bonds. The third-order valence-corrected chi connectivity index (χ3v) is 3.14. The molecule has 0 aliphatic heterocycles. The van der Waals surface area contributed by atoms with Crippen molar-refractivity contribution in [2.24, 2.45) is 0 Å². The number of carbonyl (C=O) groups is 1. The second-order valence-electron chi connectivity index (χ2n) is 4.34. The molecule has 0 heterocycles. The van der Waals surface area contributed by atoms with Crippen molar-refractivity contribution in [2.75, 3.05) is 20.2 Å². The zero-order chi connectivity index (χ0) is 11.8. The Labute approximate surface area is 98.1 Å². The van der Waals surface area contributed by atoms with Crippen LogP contribution in [0.5, 0.6) is 0 Å². The molecule has 16 heavy (non-hydrogen) atoms. The van der Waals surface area contributed by atoms with Gasteiger partial charge >= 0.3 is 0 Å². The van der Waals surface area contributed by atoms with Gasteiger partial charge in [0.2, 0.25) is 5.91 Å². The molecule has 0 saturated heterocycles. The van der Waals surface area contributed by atoms with Crippen molar-refractivity contribution in [3.05, 3.63) is 0 Å². The molecule has 0 aromatic heterocycles. The minimum atomic E-state index is 0.0893. The van der Waals surface area contributed by atoms with Gasteiger partial charge in [-0.2, -0.15) is 0 Å². The summed E-state index contributed by atoms with van der Waals surface area (Å²) in [4.78, 5) is 11.2. The van der Waals surface area contributed by atoms with E-state index in [0.717, 1.165) is 12.8 Å². The highest BCUT2D eigenvalue weighted by Gasteiger charge is 2.20. The molecule has 2 N–H and O–H groups in total. The molecular weight excluding hydrogens is 204 g/mol. The lowest BCUT2D eigenvalue weighted by Crippen LogP contribution is -2.33. The van der Waals surface area contributed by atoms with Crippen molar-refractivity contribution in [1.82, 2.24) is 10.6 Å². The van der Waals surface area contributed by atoms with Gasteiger partial charge in [0.05, 0.1) is 12.7 Å². The summed E-state index contributed by atoms with van der Waals surface area (Å²) >= 11 is 0. The molecule has 0 spiro atoms. The molecule has 0 radical (unpaired) electrons. The Kier molecular flexibility index (Phi) is 6.42. The van der Waals surface area contributed by atoms with E-state index in [4.69, 9.17) is 4.74 Å². The summed E-state index contributed by atoms with van der Waals surface area (Å²) < 4.78 is 5.70. The van der Waals surface area contributed by atoms with Crippen LogP contribution >= 0.6 is 0 Å². The van der Waals surface area contributed by atoms with Gasteiger partial charge in [0.15, 0.2) is 0 Å². The summed E-state index contributed by atoms with van der Waals surface area (Å²) in [5.74, 6) is 0.0893. The largest absolute Gasteiger partial charge is 0.378 e. The Morgan fingerprint density at radius 2 is 2.00 bits per heavy atom. The van der Waals surface area contributed by atoms with Gasteiger partial charge in [0.1, 0.15) is 0 Å².